The number of ether oxygens (including phenoxy) is 2. The average Bonchev–Trinajstić information content (AvgIpc) is 3.58. The molecule has 4 aliphatic rings. The van der Waals surface area contributed by atoms with Gasteiger partial charge in [-0.15, -0.1) is 0 Å². The van der Waals surface area contributed by atoms with Crippen LogP contribution in [0.2, 0.25) is 5.02 Å². The van der Waals surface area contributed by atoms with Crippen LogP contribution in [0.1, 0.15) is 38.2 Å². The van der Waals surface area contributed by atoms with Gasteiger partial charge in [-0.25, -0.2) is 9.97 Å². The number of hydrogen-bond acceptors (Lipinski definition) is 7. The van der Waals surface area contributed by atoms with Gasteiger partial charge in [0, 0.05) is 37.3 Å². The molecule has 0 radical (unpaired) electrons. The molecule has 8 rings (SSSR count). The first-order valence-corrected chi connectivity index (χ1v) is 14.3. The average molecular weight is 545 g/mol. The predicted octanol–water partition coefficient (Wildman–Crippen LogP) is 4.94. The Bertz CT molecular complexity index is 1480. The Labute approximate surface area is 233 Å². The SMILES string of the molecule is CC1(Oc2ncnc3c2nc(-c2ccc(OCCN4C[C@H]5CCC4CN5)cc2Cl)n3Cc2ccccc2)CC1. The fraction of sp³-hybridized carbons (Fsp3) is 0.433. The zero-order chi connectivity index (χ0) is 26.4. The third kappa shape index (κ3) is 5.09. The van der Waals surface area contributed by atoms with Gasteiger partial charge in [0.1, 0.15) is 30.1 Å². The summed E-state index contributed by atoms with van der Waals surface area (Å²) < 4.78 is 14.5. The summed E-state index contributed by atoms with van der Waals surface area (Å²) in [7, 11) is 0. The Morgan fingerprint density at radius 2 is 1.97 bits per heavy atom. The molecular formula is C30H33ClN6O2. The van der Waals surface area contributed by atoms with E-state index in [2.05, 4.69) is 43.8 Å². The van der Waals surface area contributed by atoms with Crippen LogP contribution in [0.5, 0.6) is 11.6 Å². The second-order valence-electron chi connectivity index (χ2n) is 11.2. The molecule has 1 saturated carbocycles. The summed E-state index contributed by atoms with van der Waals surface area (Å²) in [5, 5.41) is 4.19. The van der Waals surface area contributed by atoms with Gasteiger partial charge < -0.3 is 19.4 Å². The lowest BCUT2D eigenvalue weighted by molar-refractivity contribution is 0.0626. The fourth-order valence-electron chi connectivity index (χ4n) is 5.75. The molecule has 0 amide bonds. The molecule has 3 aliphatic heterocycles. The van der Waals surface area contributed by atoms with Crippen molar-refractivity contribution >= 4 is 22.8 Å². The van der Waals surface area contributed by atoms with Gasteiger partial charge in [0.15, 0.2) is 11.2 Å². The molecule has 2 atom stereocenters. The van der Waals surface area contributed by atoms with Gasteiger partial charge in [0.25, 0.3) is 0 Å². The zero-order valence-corrected chi connectivity index (χ0v) is 22.9. The van der Waals surface area contributed by atoms with E-state index in [1.54, 1.807) is 6.33 Å². The van der Waals surface area contributed by atoms with Crippen molar-refractivity contribution in [3.8, 4) is 23.0 Å². The summed E-state index contributed by atoms with van der Waals surface area (Å²) in [6.45, 7) is 6.47. The Hall–Kier alpha value is -3.20. The maximum absolute atomic E-state index is 6.88. The lowest BCUT2D eigenvalue weighted by atomic mass is 9.93. The van der Waals surface area contributed by atoms with Gasteiger partial charge in [-0.3, -0.25) is 4.90 Å². The Balaban J connectivity index is 1.17. The van der Waals surface area contributed by atoms with E-state index in [0.717, 1.165) is 60.8 Å². The monoisotopic (exact) mass is 544 g/mol. The Morgan fingerprint density at radius 3 is 2.69 bits per heavy atom. The number of nitrogens with zero attached hydrogens (tertiary/aromatic N) is 5. The molecule has 2 aromatic carbocycles. The van der Waals surface area contributed by atoms with Crippen LogP contribution in [0.25, 0.3) is 22.6 Å². The first kappa shape index (κ1) is 24.8. The smallest absolute Gasteiger partial charge is 0.245 e. The van der Waals surface area contributed by atoms with Gasteiger partial charge in [0.05, 0.1) is 11.6 Å². The van der Waals surface area contributed by atoms with Crippen molar-refractivity contribution < 1.29 is 9.47 Å². The van der Waals surface area contributed by atoms with Crippen LogP contribution in [0.4, 0.5) is 0 Å². The largest absolute Gasteiger partial charge is 0.492 e. The predicted molar refractivity (Wildman–Crippen MR) is 151 cm³/mol. The van der Waals surface area contributed by atoms with E-state index in [1.807, 2.05) is 36.4 Å². The molecule has 39 heavy (non-hydrogen) atoms. The summed E-state index contributed by atoms with van der Waals surface area (Å²) >= 11 is 6.88. The lowest BCUT2D eigenvalue weighted by Gasteiger charge is -2.45. The van der Waals surface area contributed by atoms with E-state index in [-0.39, 0.29) is 5.60 Å². The minimum atomic E-state index is -0.175. The van der Waals surface area contributed by atoms with E-state index in [1.165, 1.54) is 12.8 Å². The first-order valence-electron chi connectivity index (χ1n) is 13.9. The Morgan fingerprint density at radius 1 is 1.10 bits per heavy atom. The van der Waals surface area contributed by atoms with E-state index in [9.17, 15) is 0 Å². The van der Waals surface area contributed by atoms with Crippen LogP contribution < -0.4 is 14.8 Å². The van der Waals surface area contributed by atoms with Gasteiger partial charge >= 0.3 is 0 Å². The third-order valence-corrected chi connectivity index (χ3v) is 8.58. The highest BCUT2D eigenvalue weighted by Gasteiger charge is 2.41. The normalized spacial score (nSPS) is 21.8. The maximum atomic E-state index is 6.88. The lowest BCUT2D eigenvalue weighted by Crippen LogP contribution is -2.61. The molecule has 1 N–H and O–H groups in total. The molecule has 9 heteroatoms. The molecule has 2 bridgehead atoms. The van der Waals surface area contributed by atoms with Crippen molar-refractivity contribution in [1.82, 2.24) is 29.7 Å². The highest BCUT2D eigenvalue weighted by atomic mass is 35.5. The summed E-state index contributed by atoms with van der Waals surface area (Å²) in [6.07, 6.45) is 6.14. The molecule has 4 fully saturated rings. The van der Waals surface area contributed by atoms with Crippen LogP contribution in [-0.2, 0) is 6.54 Å². The molecule has 1 unspecified atom stereocenters. The minimum absolute atomic E-state index is 0.175. The van der Waals surface area contributed by atoms with Gasteiger partial charge in [0.2, 0.25) is 5.88 Å². The van der Waals surface area contributed by atoms with Gasteiger partial charge in [-0.05, 0) is 56.4 Å². The number of piperidine rings is 2. The third-order valence-electron chi connectivity index (χ3n) is 8.27. The standard InChI is InChI=1S/C30H33ClN6O2/c1-30(11-12-30)39-29-26-28(33-19-34-29)37(17-20-5-3-2-4-6-20)27(35-26)24-10-9-23(15-25(24)31)38-14-13-36-18-21-7-8-22(36)16-32-21/h2-6,9-10,15,19,21-22,32H,7-8,11-14,16-18H2,1H3/t21-,22?/m1/s1. The quantitative estimate of drug-likeness (QED) is 0.320. The van der Waals surface area contributed by atoms with E-state index < -0.39 is 0 Å². The van der Waals surface area contributed by atoms with E-state index >= 15 is 0 Å². The minimum Gasteiger partial charge on any atom is -0.492 e. The number of piperazine rings is 1. The zero-order valence-electron chi connectivity index (χ0n) is 22.1. The summed E-state index contributed by atoms with van der Waals surface area (Å²) in [5.74, 6) is 2.01. The second-order valence-corrected chi connectivity index (χ2v) is 11.6. The van der Waals surface area contributed by atoms with Gasteiger partial charge in [-0.1, -0.05) is 41.9 Å². The van der Waals surface area contributed by atoms with Crippen molar-refractivity contribution in [2.45, 2.75) is 56.8 Å². The number of imidazole rings is 1. The molecule has 202 valence electrons. The van der Waals surface area contributed by atoms with Crippen molar-refractivity contribution in [3.63, 3.8) is 0 Å². The van der Waals surface area contributed by atoms with Crippen molar-refractivity contribution in [2.24, 2.45) is 0 Å². The number of fused-ring (bicyclic) bond motifs is 4. The van der Waals surface area contributed by atoms with Crippen molar-refractivity contribution in [3.05, 3.63) is 65.4 Å². The summed E-state index contributed by atoms with van der Waals surface area (Å²) in [6, 6.07) is 17.4. The second kappa shape index (κ2) is 10.1. The van der Waals surface area contributed by atoms with Crippen LogP contribution in [0.3, 0.4) is 0 Å². The molecule has 0 spiro atoms. The highest BCUT2D eigenvalue weighted by molar-refractivity contribution is 6.33. The van der Waals surface area contributed by atoms with Crippen LogP contribution in [-0.4, -0.2) is 68.3 Å². The number of rotatable bonds is 9. The summed E-state index contributed by atoms with van der Waals surface area (Å²) in [5.41, 5.74) is 3.17. The van der Waals surface area contributed by atoms with Gasteiger partial charge in [-0.2, -0.15) is 4.98 Å². The van der Waals surface area contributed by atoms with E-state index in [4.69, 9.17) is 26.1 Å². The summed E-state index contributed by atoms with van der Waals surface area (Å²) in [4.78, 5) is 16.6. The molecule has 8 nitrogen and oxygen atoms in total. The Kier molecular flexibility index (Phi) is 6.41. The van der Waals surface area contributed by atoms with E-state index in [0.29, 0.717) is 41.7 Å². The number of halogens is 1. The fourth-order valence-corrected chi connectivity index (χ4v) is 6.00. The maximum Gasteiger partial charge on any atom is 0.245 e. The number of benzene rings is 2. The number of hydrogen-bond donors (Lipinski definition) is 1. The molecular weight excluding hydrogens is 512 g/mol. The van der Waals surface area contributed by atoms with Crippen molar-refractivity contribution in [1.29, 1.82) is 0 Å². The molecule has 3 saturated heterocycles. The number of nitrogens with one attached hydrogen (secondary N) is 1. The van der Waals surface area contributed by atoms with Crippen LogP contribution in [0.15, 0.2) is 54.9 Å². The first-order chi connectivity index (χ1) is 19.0. The van der Waals surface area contributed by atoms with Crippen LogP contribution >= 0.6 is 11.6 Å². The molecule has 5 heterocycles. The highest BCUT2D eigenvalue weighted by Crippen LogP contribution is 2.41. The topological polar surface area (TPSA) is 77.3 Å². The molecule has 2 aromatic heterocycles. The molecule has 4 aromatic rings. The van der Waals surface area contributed by atoms with Crippen LogP contribution in [0, 0.1) is 0 Å². The number of aromatic nitrogens is 4. The van der Waals surface area contributed by atoms with Crippen molar-refractivity contribution in [2.75, 3.05) is 26.2 Å². The molecule has 1 aliphatic carbocycles.